The van der Waals surface area contributed by atoms with Crippen molar-refractivity contribution in [1.82, 2.24) is 9.88 Å². The molecule has 8 nitrogen and oxygen atoms in total. The van der Waals surface area contributed by atoms with Crippen molar-refractivity contribution in [1.29, 1.82) is 5.26 Å². The van der Waals surface area contributed by atoms with Crippen LogP contribution < -0.4 is 15.6 Å². The highest BCUT2D eigenvalue weighted by Gasteiger charge is 2.33. The molecule has 3 N–H and O–H groups in total. The summed E-state index contributed by atoms with van der Waals surface area (Å²) in [7, 11) is 0. The summed E-state index contributed by atoms with van der Waals surface area (Å²) in [4.78, 5) is 25.9. The number of aromatic hydroxyl groups is 1. The van der Waals surface area contributed by atoms with Crippen molar-refractivity contribution >= 4 is 22.6 Å². The number of phenols is 1. The van der Waals surface area contributed by atoms with Crippen LogP contribution in [0.4, 0.5) is 10.1 Å². The number of aromatic carboxylic acids is 1. The molecule has 1 saturated carbocycles. The zero-order chi connectivity index (χ0) is 22.3. The highest BCUT2D eigenvalue weighted by atomic mass is 19.1. The fourth-order valence-corrected chi connectivity index (χ4v) is 4.47. The number of benzene rings is 1. The fraction of sp³-hybridized carbons (Fsp3) is 0.500. The van der Waals surface area contributed by atoms with E-state index in [1.165, 1.54) is 6.20 Å². The molecule has 1 aromatic carbocycles. The van der Waals surface area contributed by atoms with Crippen molar-refractivity contribution < 1.29 is 19.4 Å². The molecule has 2 unspecified atom stereocenters. The van der Waals surface area contributed by atoms with Gasteiger partial charge in [0, 0.05) is 44.3 Å². The Balaban J connectivity index is 1.73. The number of hydrogen-bond donors (Lipinski definition) is 3. The maximum atomic E-state index is 15.1. The molecule has 4 rings (SSSR count). The molecule has 2 aliphatic rings. The number of phenolic OH excluding ortho intramolecular Hbond substituents is 1. The van der Waals surface area contributed by atoms with Gasteiger partial charge in [0.05, 0.1) is 17.0 Å². The number of pyridine rings is 1. The first-order chi connectivity index (χ1) is 14.8. The fourth-order valence-electron chi connectivity index (χ4n) is 4.47. The van der Waals surface area contributed by atoms with Gasteiger partial charge in [-0.2, -0.15) is 5.26 Å². The molecule has 0 radical (unpaired) electrons. The van der Waals surface area contributed by atoms with E-state index in [1.807, 2.05) is 6.92 Å². The molecule has 31 heavy (non-hydrogen) atoms. The minimum atomic E-state index is -1.37. The molecule has 1 aliphatic carbocycles. The Morgan fingerprint density at radius 2 is 2.16 bits per heavy atom. The normalized spacial score (nSPS) is 19.5. The molecule has 9 heteroatoms. The molecule has 2 heterocycles. The van der Waals surface area contributed by atoms with E-state index >= 15 is 4.39 Å². The molecule has 0 bridgehead atoms. The van der Waals surface area contributed by atoms with Crippen molar-refractivity contribution in [3.63, 3.8) is 0 Å². The number of nitrogens with zero attached hydrogens (tertiary/aromatic N) is 3. The number of carboxylic acid groups (broad SMARTS) is 1. The summed E-state index contributed by atoms with van der Waals surface area (Å²) in [5.74, 6) is -2.21. The number of fused-ring (bicyclic) bond motifs is 1. The molecule has 0 amide bonds. The number of nitriles is 1. The molecule has 164 valence electrons. The van der Waals surface area contributed by atoms with Crippen molar-refractivity contribution in [2.75, 3.05) is 24.5 Å². The van der Waals surface area contributed by atoms with Gasteiger partial charge < -0.3 is 25.0 Å². The van der Waals surface area contributed by atoms with E-state index in [2.05, 4.69) is 11.4 Å². The van der Waals surface area contributed by atoms with Crippen LogP contribution in [0.5, 0.6) is 5.75 Å². The molecular formula is C22H25FN4O4. The van der Waals surface area contributed by atoms with Crippen molar-refractivity contribution in [2.45, 2.75) is 44.7 Å². The van der Waals surface area contributed by atoms with Gasteiger partial charge in [-0.25, -0.2) is 9.18 Å². The summed E-state index contributed by atoms with van der Waals surface area (Å²) >= 11 is 0. The predicted molar refractivity (Wildman–Crippen MR) is 113 cm³/mol. The highest BCUT2D eigenvalue weighted by molar-refractivity contribution is 5.96. The average molecular weight is 428 g/mol. The van der Waals surface area contributed by atoms with Gasteiger partial charge in [0.15, 0.2) is 11.6 Å². The minimum absolute atomic E-state index is 0.0129. The third-order valence-electron chi connectivity index (χ3n) is 6.34. The zero-order valence-electron chi connectivity index (χ0n) is 17.3. The van der Waals surface area contributed by atoms with Gasteiger partial charge in [-0.15, -0.1) is 0 Å². The summed E-state index contributed by atoms with van der Waals surface area (Å²) in [6, 6.07) is 3.27. The van der Waals surface area contributed by atoms with Crippen LogP contribution in [0, 0.1) is 23.1 Å². The van der Waals surface area contributed by atoms with E-state index < -0.39 is 22.8 Å². The summed E-state index contributed by atoms with van der Waals surface area (Å²) in [5, 5.41) is 32.3. The second-order valence-corrected chi connectivity index (χ2v) is 8.41. The number of nitrogens with one attached hydrogen (secondary N) is 1. The lowest BCUT2D eigenvalue weighted by molar-refractivity contribution is 0.0694. The quantitative estimate of drug-likeness (QED) is 0.580. The Hall–Kier alpha value is -3.12. The summed E-state index contributed by atoms with van der Waals surface area (Å²) < 4.78 is 16.7. The molecule has 2 fully saturated rings. The van der Waals surface area contributed by atoms with Crippen molar-refractivity contribution in [3.05, 3.63) is 33.9 Å². The number of aromatic nitrogens is 1. The smallest absolute Gasteiger partial charge is 0.341 e. The van der Waals surface area contributed by atoms with Crippen LogP contribution in [0.25, 0.3) is 10.9 Å². The van der Waals surface area contributed by atoms with Crippen LogP contribution in [0.1, 0.15) is 49.0 Å². The number of hydrogen-bond acceptors (Lipinski definition) is 6. The lowest BCUT2D eigenvalue weighted by atomic mass is 10.0. The van der Waals surface area contributed by atoms with Gasteiger partial charge in [-0.3, -0.25) is 4.79 Å². The Morgan fingerprint density at radius 3 is 2.81 bits per heavy atom. The van der Waals surface area contributed by atoms with Crippen LogP contribution >= 0.6 is 0 Å². The number of carbonyl (C=O) groups is 1. The average Bonchev–Trinajstić information content (AvgIpc) is 3.46. The summed E-state index contributed by atoms with van der Waals surface area (Å²) in [6.07, 6.45) is 4.09. The lowest BCUT2D eigenvalue weighted by Gasteiger charge is -2.25. The highest BCUT2D eigenvalue weighted by Crippen LogP contribution is 2.44. The van der Waals surface area contributed by atoms with E-state index in [9.17, 15) is 19.8 Å². The molecular weight excluding hydrogens is 403 g/mol. The van der Waals surface area contributed by atoms with E-state index in [0.29, 0.717) is 26.1 Å². The monoisotopic (exact) mass is 428 g/mol. The molecule has 1 aromatic heterocycles. The molecule has 0 spiro atoms. The first kappa shape index (κ1) is 21.1. The van der Waals surface area contributed by atoms with Gasteiger partial charge in [0.2, 0.25) is 5.43 Å². The van der Waals surface area contributed by atoms with Gasteiger partial charge in [0.25, 0.3) is 0 Å². The Morgan fingerprint density at radius 1 is 1.42 bits per heavy atom. The molecule has 2 aromatic rings. The SMILES string of the molecule is CC(NCCC#N)C1CCN(c2c(F)cc3c(=O)c(C(=O)O)cn(C4CC4)c3c2O)C1. The second kappa shape index (κ2) is 8.19. The Labute approximate surface area is 178 Å². The second-order valence-electron chi connectivity index (χ2n) is 8.41. The van der Waals surface area contributed by atoms with Crippen LogP contribution in [0.3, 0.4) is 0 Å². The van der Waals surface area contributed by atoms with Gasteiger partial charge in [-0.1, -0.05) is 0 Å². The van der Waals surface area contributed by atoms with Crippen molar-refractivity contribution in [2.24, 2.45) is 5.92 Å². The van der Waals surface area contributed by atoms with Crippen LogP contribution in [-0.4, -0.2) is 46.4 Å². The third kappa shape index (κ3) is 3.83. The van der Waals surface area contributed by atoms with E-state index in [1.54, 1.807) is 9.47 Å². The maximum absolute atomic E-state index is 15.1. The van der Waals surface area contributed by atoms with Crippen LogP contribution in [0.15, 0.2) is 17.1 Å². The van der Waals surface area contributed by atoms with E-state index in [0.717, 1.165) is 25.3 Å². The van der Waals surface area contributed by atoms with Crippen LogP contribution in [0.2, 0.25) is 0 Å². The molecule has 2 atom stereocenters. The first-order valence-electron chi connectivity index (χ1n) is 10.5. The summed E-state index contributed by atoms with van der Waals surface area (Å²) in [5.41, 5.74) is -0.979. The Kier molecular flexibility index (Phi) is 5.58. The Bertz CT molecular complexity index is 1140. The number of halogens is 1. The van der Waals surface area contributed by atoms with E-state index in [-0.39, 0.29) is 40.3 Å². The third-order valence-corrected chi connectivity index (χ3v) is 6.34. The topological polar surface area (TPSA) is 119 Å². The first-order valence-corrected chi connectivity index (χ1v) is 10.5. The predicted octanol–water partition coefficient (Wildman–Crippen LogP) is 2.60. The zero-order valence-corrected chi connectivity index (χ0v) is 17.3. The maximum Gasteiger partial charge on any atom is 0.341 e. The number of carboxylic acids is 1. The number of rotatable bonds is 7. The molecule has 1 saturated heterocycles. The largest absolute Gasteiger partial charge is 0.504 e. The lowest BCUT2D eigenvalue weighted by Crippen LogP contribution is -2.36. The standard InChI is InChI=1S/C22H25FN4O4/c1-12(25-7-2-6-24)13-5-8-26(10-13)19-17(23)9-15-18(21(19)29)27(14-3-4-14)11-16(20(15)28)22(30)31/h9,11-14,25,29H,2-5,7-8,10H2,1H3,(H,30,31). The van der Waals surface area contributed by atoms with Crippen LogP contribution in [-0.2, 0) is 0 Å². The number of anilines is 1. The van der Waals surface area contributed by atoms with Crippen molar-refractivity contribution in [3.8, 4) is 11.8 Å². The van der Waals surface area contributed by atoms with Gasteiger partial charge in [0.1, 0.15) is 11.3 Å². The van der Waals surface area contributed by atoms with Gasteiger partial charge >= 0.3 is 5.97 Å². The van der Waals surface area contributed by atoms with Gasteiger partial charge in [-0.05, 0) is 38.2 Å². The van der Waals surface area contributed by atoms with E-state index in [4.69, 9.17) is 5.26 Å². The minimum Gasteiger partial charge on any atom is -0.504 e. The summed E-state index contributed by atoms with van der Waals surface area (Å²) in [6.45, 7) is 3.69. The molecule has 1 aliphatic heterocycles.